The van der Waals surface area contributed by atoms with Crippen molar-refractivity contribution in [2.75, 3.05) is 5.75 Å². The van der Waals surface area contributed by atoms with Crippen LogP contribution in [0.2, 0.25) is 0 Å². The molecule has 0 bridgehead atoms. The summed E-state index contributed by atoms with van der Waals surface area (Å²) in [5.74, 6) is 0.000794. The van der Waals surface area contributed by atoms with E-state index in [4.69, 9.17) is 23.2 Å². The van der Waals surface area contributed by atoms with Crippen molar-refractivity contribution in [1.82, 2.24) is 15.2 Å². The Bertz CT molecular complexity index is 861. The second-order valence-electron chi connectivity index (χ2n) is 5.16. The molecule has 1 aromatic heterocycles. The second kappa shape index (κ2) is 6.14. The van der Waals surface area contributed by atoms with Gasteiger partial charge in [-0.2, -0.15) is 5.10 Å². The van der Waals surface area contributed by atoms with Gasteiger partial charge in [0.2, 0.25) is 0 Å². The number of thioether (sulfide) groups is 1. The van der Waals surface area contributed by atoms with Crippen LogP contribution in [0.1, 0.15) is 28.3 Å². The second-order valence-corrected chi connectivity index (χ2v) is 7.67. The number of carbonyl (C=O) groups excluding carboxylic acids is 1. The molecule has 2 N–H and O–H groups in total. The molecular weight excluding hydrogens is 361 g/mol. The number of Topliss-reactive ketones (excluding diaryl/α,β-unsaturated/α-hetero) is 1. The van der Waals surface area contributed by atoms with E-state index in [2.05, 4.69) is 15.2 Å². The molecule has 3 rings (SSSR count). The number of nitrogens with zero attached hydrogens (tertiary/aromatic N) is 1. The minimum atomic E-state index is -0.696. The van der Waals surface area contributed by atoms with Gasteiger partial charge in [0.15, 0.2) is 10.8 Å². The van der Waals surface area contributed by atoms with Crippen molar-refractivity contribution in [2.45, 2.75) is 21.7 Å². The summed E-state index contributed by atoms with van der Waals surface area (Å²) in [6.07, 6.45) is 0.708. The number of hydrogen-bond acceptors (Lipinski definition) is 5. The molecule has 1 atom stereocenters. The first-order valence-electron chi connectivity index (χ1n) is 6.69. The molecule has 9 heteroatoms. The Morgan fingerprint density at radius 1 is 1.30 bits per heavy atom. The molecule has 1 aliphatic carbocycles. The largest absolute Gasteiger partial charge is 0.342 e. The van der Waals surface area contributed by atoms with Gasteiger partial charge in [0.05, 0.1) is 5.75 Å². The number of rotatable bonds is 5. The summed E-state index contributed by atoms with van der Waals surface area (Å²) < 4.78 is -0.696. The van der Waals surface area contributed by atoms with Crippen molar-refractivity contribution in [2.24, 2.45) is 0 Å². The first-order chi connectivity index (χ1) is 10.9. The Labute approximate surface area is 144 Å². The summed E-state index contributed by atoms with van der Waals surface area (Å²) in [7, 11) is 0. The molecular formula is C14H11Cl2N3O3S. The van der Waals surface area contributed by atoms with Crippen molar-refractivity contribution in [3.8, 4) is 0 Å². The molecule has 0 aliphatic heterocycles. The molecule has 0 saturated heterocycles. The molecule has 1 fully saturated rings. The highest BCUT2D eigenvalue weighted by atomic mass is 35.5. The van der Waals surface area contributed by atoms with Crippen molar-refractivity contribution >= 4 is 40.7 Å². The van der Waals surface area contributed by atoms with Crippen LogP contribution in [-0.2, 0) is 0 Å². The van der Waals surface area contributed by atoms with Gasteiger partial charge in [-0.3, -0.25) is 14.6 Å². The Hall–Kier alpha value is -1.57. The zero-order chi connectivity index (χ0) is 16.6. The molecule has 6 nitrogen and oxygen atoms in total. The van der Waals surface area contributed by atoms with Gasteiger partial charge in [-0.1, -0.05) is 36.0 Å². The number of hydrogen-bond donors (Lipinski definition) is 2. The van der Waals surface area contributed by atoms with E-state index in [1.54, 1.807) is 12.1 Å². The quantitative estimate of drug-likeness (QED) is 0.476. The van der Waals surface area contributed by atoms with Crippen molar-refractivity contribution in [1.29, 1.82) is 0 Å². The minimum absolute atomic E-state index is 0.0415. The highest BCUT2D eigenvalue weighted by molar-refractivity contribution is 7.99. The van der Waals surface area contributed by atoms with Crippen molar-refractivity contribution in [3.05, 3.63) is 56.2 Å². The van der Waals surface area contributed by atoms with Gasteiger partial charge in [0, 0.05) is 11.5 Å². The number of carbonyl (C=O) groups is 1. The summed E-state index contributed by atoms with van der Waals surface area (Å²) in [6.45, 7) is 0. The van der Waals surface area contributed by atoms with E-state index in [0.29, 0.717) is 12.0 Å². The summed E-state index contributed by atoms with van der Waals surface area (Å²) in [5, 5.41) is 5.77. The van der Waals surface area contributed by atoms with Crippen molar-refractivity contribution < 1.29 is 4.79 Å². The third-order valence-electron chi connectivity index (χ3n) is 3.48. The van der Waals surface area contributed by atoms with E-state index in [1.807, 2.05) is 12.1 Å². The predicted molar refractivity (Wildman–Crippen MR) is 88.8 cm³/mol. The van der Waals surface area contributed by atoms with Crippen LogP contribution in [0.4, 0.5) is 0 Å². The normalized spacial score (nSPS) is 18.6. The number of H-pyrrole nitrogens is 2. The lowest BCUT2D eigenvalue weighted by atomic mass is 10.1. The lowest BCUT2D eigenvalue weighted by molar-refractivity contribution is 0.102. The number of aromatic nitrogens is 3. The lowest BCUT2D eigenvalue weighted by Gasteiger charge is -2.04. The average molecular weight is 372 g/mol. The van der Waals surface area contributed by atoms with Crippen LogP contribution in [-0.4, -0.2) is 31.1 Å². The SMILES string of the molecule is O=C(CSc1n[nH]c(=O)[nH]c1=O)c1ccc(C2CC2(Cl)Cl)cc1. The predicted octanol–water partition coefficient (Wildman–Crippen LogP) is 2.09. The van der Waals surface area contributed by atoms with Gasteiger partial charge in [-0.05, 0) is 12.0 Å². The van der Waals surface area contributed by atoms with E-state index < -0.39 is 15.6 Å². The summed E-state index contributed by atoms with van der Waals surface area (Å²) in [4.78, 5) is 36.5. The molecule has 0 radical (unpaired) electrons. The molecule has 120 valence electrons. The van der Waals surface area contributed by atoms with Crippen LogP contribution in [0.3, 0.4) is 0 Å². The Kier molecular flexibility index (Phi) is 4.35. The van der Waals surface area contributed by atoms with E-state index in [9.17, 15) is 14.4 Å². The van der Waals surface area contributed by atoms with Gasteiger partial charge in [0.1, 0.15) is 4.33 Å². The van der Waals surface area contributed by atoms with Crippen LogP contribution >= 0.6 is 35.0 Å². The average Bonchev–Trinajstić information content (AvgIpc) is 3.15. The molecule has 0 amide bonds. The zero-order valence-electron chi connectivity index (χ0n) is 11.6. The van der Waals surface area contributed by atoms with Crippen molar-refractivity contribution in [3.63, 3.8) is 0 Å². The maximum Gasteiger partial charge on any atom is 0.342 e. The highest BCUT2D eigenvalue weighted by Gasteiger charge is 2.52. The van der Waals surface area contributed by atoms with E-state index in [0.717, 1.165) is 17.3 Å². The van der Waals surface area contributed by atoms with Crippen LogP contribution in [0, 0.1) is 0 Å². The fourth-order valence-corrected chi connectivity index (χ4v) is 3.42. The van der Waals surface area contributed by atoms with Crippen LogP contribution in [0.25, 0.3) is 0 Å². The Morgan fingerprint density at radius 2 is 1.96 bits per heavy atom. The lowest BCUT2D eigenvalue weighted by Crippen LogP contribution is -2.25. The third kappa shape index (κ3) is 3.68. The molecule has 1 aromatic carbocycles. The maximum absolute atomic E-state index is 12.1. The Morgan fingerprint density at radius 3 is 2.52 bits per heavy atom. The topological polar surface area (TPSA) is 95.7 Å². The van der Waals surface area contributed by atoms with Gasteiger partial charge in [-0.15, -0.1) is 23.2 Å². The van der Waals surface area contributed by atoms with Gasteiger partial charge < -0.3 is 0 Å². The smallest absolute Gasteiger partial charge is 0.293 e. The van der Waals surface area contributed by atoms with Gasteiger partial charge >= 0.3 is 5.69 Å². The Balaban J connectivity index is 1.64. The zero-order valence-corrected chi connectivity index (χ0v) is 14.0. The number of nitrogens with one attached hydrogen (secondary N) is 2. The molecule has 1 aliphatic rings. The first-order valence-corrected chi connectivity index (χ1v) is 8.44. The molecule has 0 spiro atoms. The molecule has 1 saturated carbocycles. The molecule has 1 heterocycles. The highest BCUT2D eigenvalue weighted by Crippen LogP contribution is 2.59. The van der Waals surface area contributed by atoms with E-state index in [1.165, 1.54) is 0 Å². The number of benzene rings is 1. The number of alkyl halides is 2. The third-order valence-corrected chi connectivity index (χ3v) is 5.27. The fraction of sp³-hybridized carbons (Fsp3) is 0.286. The fourth-order valence-electron chi connectivity index (χ4n) is 2.13. The molecule has 2 aromatic rings. The van der Waals surface area contributed by atoms with E-state index >= 15 is 0 Å². The van der Waals surface area contributed by atoms with Gasteiger partial charge in [0.25, 0.3) is 5.56 Å². The van der Waals surface area contributed by atoms with Crippen LogP contribution in [0.15, 0.2) is 38.9 Å². The van der Waals surface area contributed by atoms with E-state index in [-0.39, 0.29) is 22.5 Å². The monoisotopic (exact) mass is 371 g/mol. The molecule has 23 heavy (non-hydrogen) atoms. The minimum Gasteiger partial charge on any atom is -0.293 e. The first kappa shape index (κ1) is 16.3. The van der Waals surface area contributed by atoms with Gasteiger partial charge in [-0.25, -0.2) is 9.89 Å². The maximum atomic E-state index is 12.1. The summed E-state index contributed by atoms with van der Waals surface area (Å²) in [6, 6.07) is 7.09. The molecule has 1 unspecified atom stereocenters. The standard InChI is InChI=1S/C14H11Cl2N3O3S/c15-14(16)5-9(14)7-1-3-8(4-2-7)10(20)6-23-12-11(21)17-13(22)19-18-12/h1-4,9H,5-6H2,(H2,17,19,21,22). The number of aromatic amines is 2. The number of halogens is 2. The van der Waals surface area contributed by atoms with Crippen LogP contribution in [0.5, 0.6) is 0 Å². The summed E-state index contributed by atoms with van der Waals surface area (Å²) >= 11 is 13.0. The number of ketones is 1. The summed E-state index contributed by atoms with van der Waals surface area (Å²) in [5.41, 5.74) is 0.225. The van der Waals surface area contributed by atoms with Crippen LogP contribution < -0.4 is 11.2 Å².